The van der Waals surface area contributed by atoms with Gasteiger partial charge in [0.15, 0.2) is 5.52 Å². The number of fused-ring (bicyclic) bond motifs is 1. The molecule has 0 spiro atoms. The Labute approximate surface area is 199 Å². The van der Waals surface area contributed by atoms with Gasteiger partial charge in [0.25, 0.3) is 0 Å². The normalized spacial score (nSPS) is 21.1. The van der Waals surface area contributed by atoms with Crippen LogP contribution >= 0.6 is 0 Å². The first kappa shape index (κ1) is 22.5. The van der Waals surface area contributed by atoms with Gasteiger partial charge >= 0.3 is 0 Å². The number of hydrogen-bond acceptors (Lipinski definition) is 8. The molecular formula is C25H30N6O3. The van der Waals surface area contributed by atoms with Gasteiger partial charge in [-0.3, -0.25) is 9.78 Å². The lowest BCUT2D eigenvalue weighted by molar-refractivity contribution is -0.143. The van der Waals surface area contributed by atoms with Crippen molar-refractivity contribution in [3.63, 3.8) is 0 Å². The molecular weight excluding hydrogens is 432 g/mol. The predicted octanol–water partition coefficient (Wildman–Crippen LogP) is 2.29. The summed E-state index contributed by atoms with van der Waals surface area (Å²) < 4.78 is 12.1. The molecule has 0 bridgehead atoms. The van der Waals surface area contributed by atoms with Gasteiger partial charge in [0.2, 0.25) is 11.8 Å². The number of rotatable bonds is 6. The molecule has 2 aromatic heterocycles. The lowest BCUT2D eigenvalue weighted by Gasteiger charge is -2.34. The molecule has 2 aliphatic rings. The number of aromatic nitrogens is 3. The fourth-order valence-electron chi connectivity index (χ4n) is 4.59. The molecule has 2 aliphatic heterocycles. The van der Waals surface area contributed by atoms with E-state index in [1.54, 1.807) is 12.4 Å². The Kier molecular flexibility index (Phi) is 6.55. The van der Waals surface area contributed by atoms with E-state index in [0.717, 1.165) is 36.5 Å². The fourth-order valence-corrected chi connectivity index (χ4v) is 4.59. The molecule has 178 valence electrons. The molecule has 9 nitrogen and oxygen atoms in total. The summed E-state index contributed by atoms with van der Waals surface area (Å²) in [5, 5.41) is 3.12. The van der Waals surface area contributed by atoms with Crippen molar-refractivity contribution >= 4 is 22.6 Å². The second-order valence-corrected chi connectivity index (χ2v) is 8.90. The van der Waals surface area contributed by atoms with Crippen LogP contribution in [-0.4, -0.2) is 90.3 Å². The zero-order valence-corrected chi connectivity index (χ0v) is 19.6. The van der Waals surface area contributed by atoms with Crippen LogP contribution in [0.3, 0.4) is 0 Å². The summed E-state index contributed by atoms with van der Waals surface area (Å²) in [5.74, 6) is 0.721. The topological polar surface area (TPSA) is 92.7 Å². The molecule has 9 heteroatoms. The number of nitrogens with zero attached hydrogens (tertiary/aromatic N) is 5. The van der Waals surface area contributed by atoms with Crippen LogP contribution in [0.15, 0.2) is 42.7 Å². The molecule has 2 fully saturated rings. The number of hydrogen-bond donors (Lipinski definition) is 1. The minimum absolute atomic E-state index is 0.0801. The van der Waals surface area contributed by atoms with Crippen molar-refractivity contribution in [3.8, 4) is 17.1 Å². The van der Waals surface area contributed by atoms with Crippen molar-refractivity contribution in [3.05, 3.63) is 42.7 Å². The summed E-state index contributed by atoms with van der Waals surface area (Å²) >= 11 is 0. The number of anilines is 1. The van der Waals surface area contributed by atoms with Crippen LogP contribution < -0.4 is 10.1 Å². The molecule has 0 aliphatic carbocycles. The number of ether oxygens (including phenoxy) is 2. The van der Waals surface area contributed by atoms with Crippen molar-refractivity contribution in [2.75, 3.05) is 58.8 Å². The number of pyridine rings is 1. The lowest BCUT2D eigenvalue weighted by Crippen LogP contribution is -2.49. The van der Waals surface area contributed by atoms with E-state index in [2.05, 4.69) is 27.2 Å². The lowest BCUT2D eigenvalue weighted by atomic mass is 10.1. The van der Waals surface area contributed by atoms with E-state index >= 15 is 0 Å². The van der Waals surface area contributed by atoms with Crippen LogP contribution in [-0.2, 0) is 9.53 Å². The highest BCUT2D eigenvalue weighted by Crippen LogP contribution is 2.28. The minimum atomic E-state index is -0.219. The Balaban J connectivity index is 1.31. The Bertz CT molecular complexity index is 1160. The van der Waals surface area contributed by atoms with E-state index in [-0.39, 0.29) is 24.5 Å². The maximum atomic E-state index is 13.0. The number of likely N-dealkylation sites (tertiary alicyclic amines) is 1. The second kappa shape index (κ2) is 9.90. The largest absolute Gasteiger partial charge is 0.473 e. The van der Waals surface area contributed by atoms with E-state index in [1.165, 1.54) is 0 Å². The first-order chi connectivity index (χ1) is 16.6. The number of amides is 1. The second-order valence-electron chi connectivity index (χ2n) is 8.90. The van der Waals surface area contributed by atoms with Crippen molar-refractivity contribution in [2.45, 2.75) is 12.5 Å². The zero-order valence-electron chi connectivity index (χ0n) is 19.6. The summed E-state index contributed by atoms with van der Waals surface area (Å²) in [4.78, 5) is 30.7. The molecule has 34 heavy (non-hydrogen) atoms. The maximum Gasteiger partial charge on any atom is 0.242 e. The fraction of sp³-hybridized carbons (Fsp3) is 0.440. The Hall–Kier alpha value is -3.30. The summed E-state index contributed by atoms with van der Waals surface area (Å²) in [5.41, 5.74) is 4.07. The third kappa shape index (κ3) is 4.80. The van der Waals surface area contributed by atoms with Crippen LogP contribution in [0.4, 0.5) is 5.69 Å². The molecule has 1 aromatic carbocycles. The van der Waals surface area contributed by atoms with Gasteiger partial charge in [0.1, 0.15) is 12.7 Å². The monoisotopic (exact) mass is 462 g/mol. The molecule has 1 amide bonds. The van der Waals surface area contributed by atoms with Crippen molar-refractivity contribution in [2.24, 2.45) is 5.92 Å². The number of carbonyl (C=O) groups excluding carboxylic acids is 1. The number of carbonyl (C=O) groups is 1. The maximum absolute atomic E-state index is 13.0. The molecule has 0 unspecified atom stereocenters. The third-order valence-corrected chi connectivity index (χ3v) is 6.49. The number of benzene rings is 1. The van der Waals surface area contributed by atoms with Crippen molar-refractivity contribution < 1.29 is 14.3 Å². The third-order valence-electron chi connectivity index (χ3n) is 6.49. The van der Waals surface area contributed by atoms with Gasteiger partial charge in [-0.1, -0.05) is 12.1 Å². The summed E-state index contributed by atoms with van der Waals surface area (Å²) in [6.07, 6.45) is 4.00. The van der Waals surface area contributed by atoms with Crippen LogP contribution in [0.5, 0.6) is 5.88 Å². The summed E-state index contributed by atoms with van der Waals surface area (Å²) in [6, 6.07) is 9.94. The van der Waals surface area contributed by atoms with Crippen molar-refractivity contribution in [1.82, 2.24) is 24.8 Å². The van der Waals surface area contributed by atoms with E-state index in [1.807, 2.05) is 42.3 Å². The minimum Gasteiger partial charge on any atom is -0.473 e. The van der Waals surface area contributed by atoms with Crippen LogP contribution in [0, 0.1) is 5.92 Å². The molecule has 2 saturated heterocycles. The summed E-state index contributed by atoms with van der Waals surface area (Å²) in [6.45, 7) is 3.74. The highest BCUT2D eigenvalue weighted by Gasteiger charge is 2.33. The first-order valence-corrected chi connectivity index (χ1v) is 11.7. The average molecular weight is 463 g/mol. The average Bonchev–Trinajstić information content (AvgIpc) is 3.33. The van der Waals surface area contributed by atoms with Gasteiger partial charge in [-0.05, 0) is 38.2 Å². The van der Waals surface area contributed by atoms with Gasteiger partial charge in [-0.25, -0.2) is 9.97 Å². The number of morpholine rings is 1. The predicted molar refractivity (Wildman–Crippen MR) is 130 cm³/mol. The van der Waals surface area contributed by atoms with Crippen LogP contribution in [0.25, 0.3) is 22.3 Å². The quantitative estimate of drug-likeness (QED) is 0.597. The van der Waals surface area contributed by atoms with E-state index in [4.69, 9.17) is 14.5 Å². The highest BCUT2D eigenvalue weighted by molar-refractivity contribution is 5.83. The molecule has 0 radical (unpaired) electrons. The van der Waals surface area contributed by atoms with Crippen molar-refractivity contribution in [1.29, 1.82) is 0 Å². The standard InChI is InChI=1S/C25H30N6O3/c1-26-19-5-3-17(4-6-19)21-13-22-23(28-9-8-27-22)24(29-21)34-16-20-15-31(11-12-33-20)25(32)18-7-10-30(2)14-18/h3-6,8-9,13,18,20,26H,7,10-12,14-16H2,1-2H3/t18-,20-/m0/s1. The SMILES string of the molecule is CNc1ccc(-c2cc3nccnc3c(OC[C@@H]3CN(C(=O)[C@H]4CCN(C)C4)CCO3)n2)cc1. The van der Waals surface area contributed by atoms with E-state index in [0.29, 0.717) is 36.6 Å². The van der Waals surface area contributed by atoms with Gasteiger partial charge in [0.05, 0.1) is 30.3 Å². The molecule has 4 heterocycles. The Morgan fingerprint density at radius 1 is 1.18 bits per heavy atom. The smallest absolute Gasteiger partial charge is 0.242 e. The number of nitrogens with one attached hydrogen (secondary N) is 1. The molecule has 2 atom stereocenters. The van der Waals surface area contributed by atoms with Crippen LogP contribution in [0.2, 0.25) is 0 Å². The van der Waals surface area contributed by atoms with Crippen LogP contribution in [0.1, 0.15) is 6.42 Å². The molecule has 1 N–H and O–H groups in total. The van der Waals surface area contributed by atoms with E-state index in [9.17, 15) is 4.79 Å². The van der Waals surface area contributed by atoms with Gasteiger partial charge in [-0.15, -0.1) is 0 Å². The Morgan fingerprint density at radius 3 is 2.76 bits per heavy atom. The van der Waals surface area contributed by atoms with E-state index < -0.39 is 0 Å². The van der Waals surface area contributed by atoms with Gasteiger partial charge in [0, 0.05) is 43.8 Å². The molecule has 5 rings (SSSR count). The zero-order chi connectivity index (χ0) is 23.5. The Morgan fingerprint density at radius 2 is 2.00 bits per heavy atom. The first-order valence-electron chi connectivity index (χ1n) is 11.7. The highest BCUT2D eigenvalue weighted by atomic mass is 16.5. The van der Waals surface area contributed by atoms with Gasteiger partial charge < -0.3 is 24.6 Å². The van der Waals surface area contributed by atoms with Gasteiger partial charge in [-0.2, -0.15) is 0 Å². The molecule has 3 aromatic rings. The summed E-state index contributed by atoms with van der Waals surface area (Å²) in [7, 11) is 3.95. The molecule has 0 saturated carbocycles.